The molecule has 8 heteroatoms. The van der Waals surface area contributed by atoms with E-state index in [1.807, 2.05) is 0 Å². The van der Waals surface area contributed by atoms with Crippen LogP contribution < -0.4 is 4.31 Å². The average molecular weight is 417 g/mol. The third kappa shape index (κ3) is 4.71. The van der Waals surface area contributed by atoms with Crippen LogP contribution in [-0.2, 0) is 26.0 Å². The fourth-order valence-electron chi connectivity index (χ4n) is 3.32. The van der Waals surface area contributed by atoms with Crippen molar-refractivity contribution >= 4 is 33.5 Å². The third-order valence-electron chi connectivity index (χ3n) is 4.56. The molecular formula is C21H20FNO5S. The van der Waals surface area contributed by atoms with Gasteiger partial charge in [0, 0.05) is 23.2 Å². The van der Waals surface area contributed by atoms with Crippen molar-refractivity contribution in [2.75, 3.05) is 17.2 Å². The molecule has 0 saturated heterocycles. The van der Waals surface area contributed by atoms with Crippen LogP contribution in [0.25, 0.3) is 6.08 Å². The number of fused-ring (bicyclic) bond motifs is 1. The molecule has 1 atom stereocenters. The van der Waals surface area contributed by atoms with Crippen LogP contribution in [0, 0.1) is 5.82 Å². The Labute approximate surface area is 168 Å². The van der Waals surface area contributed by atoms with E-state index >= 15 is 0 Å². The Morgan fingerprint density at radius 1 is 1.24 bits per heavy atom. The number of Topliss-reactive ketones (excluding diaryl/α,β-unsaturated/α-hetero) is 1. The van der Waals surface area contributed by atoms with Crippen molar-refractivity contribution in [3.05, 3.63) is 71.0 Å². The number of esters is 1. The number of nitrogens with zero attached hydrogens (tertiary/aromatic N) is 1. The van der Waals surface area contributed by atoms with E-state index in [0.29, 0.717) is 17.7 Å². The lowest BCUT2D eigenvalue weighted by molar-refractivity contribution is -0.136. The Balaban J connectivity index is 1.64. The SMILES string of the molecule is C[C@@H]1Cc2cc(C(=O)COC(=O)/C=C/c3ccccc3F)ccc2N1S(C)(=O)=O. The van der Waals surface area contributed by atoms with Crippen LogP contribution >= 0.6 is 0 Å². The van der Waals surface area contributed by atoms with E-state index in [2.05, 4.69) is 0 Å². The quantitative estimate of drug-likeness (QED) is 0.410. The summed E-state index contributed by atoms with van der Waals surface area (Å²) < 4.78 is 43.7. The van der Waals surface area contributed by atoms with Crippen LogP contribution in [0.1, 0.15) is 28.4 Å². The average Bonchev–Trinajstić information content (AvgIpc) is 3.00. The molecule has 1 aliphatic rings. The Hall–Kier alpha value is -3.00. The van der Waals surface area contributed by atoms with E-state index in [9.17, 15) is 22.4 Å². The molecule has 0 aromatic heterocycles. The maximum Gasteiger partial charge on any atom is 0.331 e. The van der Waals surface area contributed by atoms with Crippen LogP contribution in [0.4, 0.5) is 10.1 Å². The van der Waals surface area contributed by atoms with E-state index < -0.39 is 34.2 Å². The summed E-state index contributed by atoms with van der Waals surface area (Å²) in [6.45, 7) is 1.33. The summed E-state index contributed by atoms with van der Waals surface area (Å²) in [5, 5.41) is 0. The highest BCUT2D eigenvalue weighted by molar-refractivity contribution is 7.92. The number of sulfonamides is 1. The zero-order valence-electron chi connectivity index (χ0n) is 16.0. The number of carbonyl (C=O) groups excluding carboxylic acids is 2. The number of anilines is 1. The molecule has 0 radical (unpaired) electrons. The van der Waals surface area contributed by atoms with E-state index in [4.69, 9.17) is 4.74 Å². The zero-order valence-corrected chi connectivity index (χ0v) is 16.8. The minimum Gasteiger partial charge on any atom is -0.454 e. The molecule has 0 N–H and O–H groups in total. The van der Waals surface area contributed by atoms with Gasteiger partial charge in [-0.05, 0) is 49.2 Å². The van der Waals surface area contributed by atoms with Crippen molar-refractivity contribution in [2.24, 2.45) is 0 Å². The lowest BCUT2D eigenvalue weighted by Gasteiger charge is -2.21. The fraction of sp³-hybridized carbons (Fsp3) is 0.238. The van der Waals surface area contributed by atoms with Gasteiger partial charge in [-0.25, -0.2) is 17.6 Å². The van der Waals surface area contributed by atoms with Crippen molar-refractivity contribution in [3.63, 3.8) is 0 Å². The molecule has 0 spiro atoms. The van der Waals surface area contributed by atoms with Crippen LogP contribution in [-0.4, -0.2) is 39.1 Å². The van der Waals surface area contributed by atoms with Gasteiger partial charge in [0.15, 0.2) is 12.4 Å². The van der Waals surface area contributed by atoms with Crippen LogP contribution in [0.2, 0.25) is 0 Å². The first kappa shape index (κ1) is 20.7. The van der Waals surface area contributed by atoms with Gasteiger partial charge < -0.3 is 4.74 Å². The van der Waals surface area contributed by atoms with Gasteiger partial charge in [-0.2, -0.15) is 0 Å². The molecule has 0 saturated carbocycles. The molecule has 1 heterocycles. The fourth-order valence-corrected chi connectivity index (χ4v) is 4.58. The first-order valence-electron chi connectivity index (χ1n) is 8.91. The summed E-state index contributed by atoms with van der Waals surface area (Å²) >= 11 is 0. The topological polar surface area (TPSA) is 80.8 Å². The zero-order chi connectivity index (χ0) is 21.2. The van der Waals surface area contributed by atoms with Crippen LogP contribution in [0.15, 0.2) is 48.5 Å². The number of ketones is 1. The molecule has 1 aliphatic heterocycles. The number of benzene rings is 2. The van der Waals surface area contributed by atoms with Crippen molar-refractivity contribution < 1.29 is 27.1 Å². The normalized spacial score (nSPS) is 16.1. The second kappa shape index (κ2) is 8.16. The molecule has 0 aliphatic carbocycles. The molecule has 2 aromatic carbocycles. The number of rotatable bonds is 6. The highest BCUT2D eigenvalue weighted by Crippen LogP contribution is 2.34. The summed E-state index contributed by atoms with van der Waals surface area (Å²) in [5.74, 6) is -1.64. The smallest absolute Gasteiger partial charge is 0.331 e. The van der Waals surface area contributed by atoms with Crippen molar-refractivity contribution in [1.29, 1.82) is 0 Å². The molecular weight excluding hydrogens is 397 g/mol. The third-order valence-corrected chi connectivity index (χ3v) is 5.83. The molecule has 3 rings (SSSR count). The molecule has 0 bridgehead atoms. The Bertz CT molecular complexity index is 1090. The second-order valence-electron chi connectivity index (χ2n) is 6.84. The summed E-state index contributed by atoms with van der Waals surface area (Å²) in [6, 6.07) is 10.5. The van der Waals surface area contributed by atoms with E-state index in [-0.39, 0.29) is 11.6 Å². The van der Waals surface area contributed by atoms with Gasteiger partial charge >= 0.3 is 5.97 Å². The molecule has 0 fully saturated rings. The van der Waals surface area contributed by atoms with E-state index in [1.54, 1.807) is 25.1 Å². The van der Waals surface area contributed by atoms with E-state index in [1.165, 1.54) is 34.6 Å². The number of hydrogen-bond acceptors (Lipinski definition) is 5. The number of halogens is 1. The molecule has 0 amide bonds. The first-order chi connectivity index (χ1) is 13.7. The Morgan fingerprint density at radius 3 is 2.66 bits per heavy atom. The van der Waals surface area contributed by atoms with Gasteiger partial charge in [0.05, 0.1) is 11.9 Å². The molecule has 29 heavy (non-hydrogen) atoms. The Kier molecular flexibility index (Phi) is 5.83. The van der Waals surface area contributed by atoms with Gasteiger partial charge in [0.2, 0.25) is 10.0 Å². The highest BCUT2D eigenvalue weighted by atomic mass is 32.2. The van der Waals surface area contributed by atoms with Crippen molar-refractivity contribution in [3.8, 4) is 0 Å². The number of carbonyl (C=O) groups is 2. The van der Waals surface area contributed by atoms with Gasteiger partial charge in [-0.1, -0.05) is 18.2 Å². The Morgan fingerprint density at radius 2 is 1.97 bits per heavy atom. The minimum absolute atomic E-state index is 0.230. The van der Waals surface area contributed by atoms with Gasteiger partial charge in [0.25, 0.3) is 0 Å². The summed E-state index contributed by atoms with van der Waals surface area (Å²) in [4.78, 5) is 24.1. The molecule has 0 unspecified atom stereocenters. The predicted octanol–water partition coefficient (Wildman–Crippen LogP) is 2.98. The number of hydrogen-bond donors (Lipinski definition) is 0. The largest absolute Gasteiger partial charge is 0.454 e. The lowest BCUT2D eigenvalue weighted by atomic mass is 10.0. The molecule has 152 valence electrons. The maximum atomic E-state index is 13.5. The number of ether oxygens (including phenoxy) is 1. The summed E-state index contributed by atoms with van der Waals surface area (Å²) in [7, 11) is -3.41. The maximum absolute atomic E-state index is 13.5. The van der Waals surface area contributed by atoms with E-state index in [0.717, 1.165) is 17.9 Å². The lowest BCUT2D eigenvalue weighted by Crippen LogP contribution is -2.34. The van der Waals surface area contributed by atoms with Gasteiger partial charge in [0.1, 0.15) is 5.82 Å². The molecule has 2 aromatic rings. The van der Waals surface area contributed by atoms with Crippen LogP contribution in [0.3, 0.4) is 0 Å². The van der Waals surface area contributed by atoms with Crippen LogP contribution in [0.5, 0.6) is 0 Å². The molecule has 6 nitrogen and oxygen atoms in total. The standard InChI is InChI=1S/C21H20FNO5S/c1-14-11-17-12-16(7-9-19(17)23(14)29(2,26)27)20(24)13-28-21(25)10-8-15-5-3-4-6-18(15)22/h3-10,12,14H,11,13H2,1-2H3/b10-8+/t14-/m1/s1. The monoisotopic (exact) mass is 417 g/mol. The van der Waals surface area contributed by atoms with Gasteiger partial charge in [-0.3, -0.25) is 9.10 Å². The summed E-state index contributed by atoms with van der Waals surface area (Å²) in [6.07, 6.45) is 3.97. The van der Waals surface area contributed by atoms with Crippen molar-refractivity contribution in [1.82, 2.24) is 0 Å². The first-order valence-corrected chi connectivity index (χ1v) is 10.8. The minimum atomic E-state index is -3.41. The second-order valence-corrected chi connectivity index (χ2v) is 8.70. The van der Waals surface area contributed by atoms with Crippen molar-refractivity contribution in [2.45, 2.75) is 19.4 Å². The highest BCUT2D eigenvalue weighted by Gasteiger charge is 2.32. The summed E-state index contributed by atoms with van der Waals surface area (Å²) in [5.41, 5.74) is 1.87. The predicted molar refractivity (Wildman–Crippen MR) is 108 cm³/mol. The van der Waals surface area contributed by atoms with Gasteiger partial charge in [-0.15, -0.1) is 0 Å².